The summed E-state index contributed by atoms with van der Waals surface area (Å²) in [5.41, 5.74) is 1.92. The number of carbonyl (C=O) groups is 2. The van der Waals surface area contributed by atoms with E-state index in [2.05, 4.69) is 47.4 Å². The fourth-order valence-electron chi connectivity index (χ4n) is 5.28. The van der Waals surface area contributed by atoms with Crippen LogP contribution in [-0.4, -0.2) is 61.3 Å². The Morgan fingerprint density at radius 3 is 2.82 bits per heavy atom. The number of rotatable bonds is 7. The molecule has 2 atom stereocenters. The molecule has 1 fully saturated rings. The molecule has 2 amide bonds. The summed E-state index contributed by atoms with van der Waals surface area (Å²) < 4.78 is 0. The zero-order valence-electron chi connectivity index (χ0n) is 21.6. The van der Waals surface area contributed by atoms with Crippen molar-refractivity contribution in [3.63, 3.8) is 0 Å². The van der Waals surface area contributed by atoms with Crippen molar-refractivity contribution in [2.45, 2.75) is 25.8 Å². The van der Waals surface area contributed by atoms with Crippen molar-refractivity contribution >= 4 is 39.6 Å². The molecule has 1 saturated heterocycles. The number of aromatic nitrogens is 5. The molecule has 0 spiro atoms. The Morgan fingerprint density at radius 1 is 1.10 bits per heavy atom. The predicted molar refractivity (Wildman–Crippen MR) is 149 cm³/mol. The molecule has 0 aliphatic carbocycles. The van der Waals surface area contributed by atoms with Gasteiger partial charge in [0.15, 0.2) is 0 Å². The average molecular weight is 523 g/mol. The number of amides is 2. The molecule has 1 aliphatic rings. The van der Waals surface area contributed by atoms with E-state index in [0.29, 0.717) is 29.1 Å². The normalized spacial score (nSPS) is 16.8. The first-order valence-electron chi connectivity index (χ1n) is 13.2. The lowest BCUT2D eigenvalue weighted by Gasteiger charge is -2.36. The highest BCUT2D eigenvalue weighted by Crippen LogP contribution is 2.25. The van der Waals surface area contributed by atoms with Gasteiger partial charge in [-0.15, -0.1) is 0 Å². The van der Waals surface area contributed by atoms with Crippen LogP contribution in [-0.2, 0) is 0 Å². The van der Waals surface area contributed by atoms with E-state index in [4.69, 9.17) is 0 Å². The van der Waals surface area contributed by atoms with Gasteiger partial charge in [-0.25, -0.2) is 9.97 Å². The van der Waals surface area contributed by atoms with Gasteiger partial charge in [-0.2, -0.15) is 0 Å². The van der Waals surface area contributed by atoms with Gasteiger partial charge >= 0.3 is 0 Å². The number of carbonyl (C=O) groups excluding carboxylic acids is 2. The summed E-state index contributed by atoms with van der Waals surface area (Å²) >= 11 is 0. The SMILES string of the molecule is CC(c1ncc[nH]1)N1CCCC(CNC(=O)c2cccc3[nH]c(NC(=O)c4cc5ccccc5cn4)nc23)C1. The quantitative estimate of drug-likeness (QED) is 0.252. The van der Waals surface area contributed by atoms with E-state index in [1.165, 1.54) is 0 Å². The smallest absolute Gasteiger partial charge is 0.276 e. The number of hydrogen-bond donors (Lipinski definition) is 4. The van der Waals surface area contributed by atoms with Crippen molar-refractivity contribution in [3.05, 3.63) is 84.2 Å². The Kier molecular flexibility index (Phi) is 6.76. The third kappa shape index (κ3) is 5.23. The van der Waals surface area contributed by atoms with Crippen LogP contribution in [0.4, 0.5) is 5.95 Å². The van der Waals surface area contributed by atoms with Crippen LogP contribution < -0.4 is 10.6 Å². The summed E-state index contributed by atoms with van der Waals surface area (Å²) in [6, 6.07) is 15.1. The molecule has 2 aromatic carbocycles. The van der Waals surface area contributed by atoms with Gasteiger partial charge in [-0.05, 0) is 55.8 Å². The highest BCUT2D eigenvalue weighted by Gasteiger charge is 2.26. The Hall–Kier alpha value is -4.57. The van der Waals surface area contributed by atoms with Gasteiger partial charge < -0.3 is 15.3 Å². The highest BCUT2D eigenvalue weighted by molar-refractivity contribution is 6.07. The number of anilines is 1. The Balaban J connectivity index is 1.12. The Labute approximate surface area is 225 Å². The van der Waals surface area contributed by atoms with E-state index in [1.807, 2.05) is 36.5 Å². The molecule has 0 bridgehead atoms. The number of piperidine rings is 1. The van der Waals surface area contributed by atoms with Gasteiger partial charge in [-0.3, -0.25) is 24.8 Å². The molecular weight excluding hydrogens is 492 g/mol. The minimum Gasteiger partial charge on any atom is -0.352 e. The molecule has 10 heteroatoms. The van der Waals surface area contributed by atoms with Gasteiger partial charge in [-0.1, -0.05) is 30.3 Å². The van der Waals surface area contributed by atoms with Crippen LogP contribution in [0.2, 0.25) is 0 Å². The second kappa shape index (κ2) is 10.7. The summed E-state index contributed by atoms with van der Waals surface area (Å²) in [5.74, 6) is 1.01. The number of likely N-dealkylation sites (tertiary alicyclic amines) is 1. The molecule has 39 heavy (non-hydrogen) atoms. The molecular formula is C29H30N8O2. The number of nitrogens with one attached hydrogen (secondary N) is 4. The molecule has 0 saturated carbocycles. The monoisotopic (exact) mass is 522 g/mol. The fraction of sp³-hybridized carbons (Fsp3) is 0.276. The lowest BCUT2D eigenvalue weighted by molar-refractivity contribution is 0.0915. The number of pyridine rings is 1. The fourth-order valence-corrected chi connectivity index (χ4v) is 5.28. The van der Waals surface area contributed by atoms with E-state index in [9.17, 15) is 9.59 Å². The van der Waals surface area contributed by atoms with Crippen LogP contribution in [0, 0.1) is 5.92 Å². The summed E-state index contributed by atoms with van der Waals surface area (Å²) in [7, 11) is 0. The molecule has 2 unspecified atom stereocenters. The van der Waals surface area contributed by atoms with Crippen LogP contribution in [0.1, 0.15) is 52.5 Å². The lowest BCUT2D eigenvalue weighted by atomic mass is 9.96. The van der Waals surface area contributed by atoms with Crippen molar-refractivity contribution in [2.24, 2.45) is 5.92 Å². The zero-order valence-corrected chi connectivity index (χ0v) is 21.6. The number of nitrogens with zero attached hydrogens (tertiary/aromatic N) is 4. The molecule has 4 heterocycles. The number of fused-ring (bicyclic) bond motifs is 2. The topological polar surface area (TPSA) is 132 Å². The largest absolute Gasteiger partial charge is 0.352 e. The number of para-hydroxylation sites is 1. The van der Waals surface area contributed by atoms with Crippen LogP contribution in [0.3, 0.4) is 0 Å². The summed E-state index contributed by atoms with van der Waals surface area (Å²) in [4.78, 5) is 48.0. The van der Waals surface area contributed by atoms with Gasteiger partial charge in [0.05, 0.1) is 17.1 Å². The standard InChI is InChI=1S/C29H30N8O2/c1-18(26-30-11-12-31-26)37-13-5-6-19(17-37)15-33-27(38)22-9-4-10-23-25(22)35-29(34-23)36-28(39)24-14-20-7-2-3-8-21(20)16-32-24/h2-4,7-12,14,16,18-19H,5-6,13,15,17H2,1H3,(H,30,31)(H,33,38)(H2,34,35,36,39). The van der Waals surface area contributed by atoms with Gasteiger partial charge in [0, 0.05) is 37.1 Å². The molecule has 5 aromatic rings. The van der Waals surface area contributed by atoms with Crippen LogP contribution in [0.25, 0.3) is 21.8 Å². The van der Waals surface area contributed by atoms with Crippen molar-refractivity contribution in [1.82, 2.24) is 35.1 Å². The number of hydrogen-bond acceptors (Lipinski definition) is 6. The Morgan fingerprint density at radius 2 is 1.97 bits per heavy atom. The Bertz CT molecular complexity index is 1630. The second-order valence-electron chi connectivity index (χ2n) is 10.0. The number of aromatic amines is 2. The van der Waals surface area contributed by atoms with E-state index in [1.54, 1.807) is 30.6 Å². The van der Waals surface area contributed by atoms with Gasteiger partial charge in [0.25, 0.3) is 11.8 Å². The maximum Gasteiger partial charge on any atom is 0.276 e. The first-order valence-corrected chi connectivity index (χ1v) is 13.2. The van der Waals surface area contributed by atoms with Crippen molar-refractivity contribution in [2.75, 3.05) is 25.0 Å². The van der Waals surface area contributed by atoms with E-state index in [0.717, 1.165) is 42.5 Å². The third-order valence-corrected chi connectivity index (χ3v) is 7.42. The van der Waals surface area contributed by atoms with Crippen molar-refractivity contribution in [1.29, 1.82) is 0 Å². The maximum atomic E-state index is 13.2. The zero-order chi connectivity index (χ0) is 26.8. The number of benzene rings is 2. The highest BCUT2D eigenvalue weighted by atomic mass is 16.2. The van der Waals surface area contributed by atoms with Crippen LogP contribution in [0.15, 0.2) is 67.1 Å². The molecule has 6 rings (SSSR count). The van der Waals surface area contributed by atoms with Crippen LogP contribution in [0.5, 0.6) is 0 Å². The van der Waals surface area contributed by atoms with E-state index < -0.39 is 0 Å². The first kappa shape index (κ1) is 24.7. The summed E-state index contributed by atoms with van der Waals surface area (Å²) in [6.45, 7) is 4.65. The predicted octanol–water partition coefficient (Wildman–Crippen LogP) is 4.29. The second-order valence-corrected chi connectivity index (χ2v) is 10.0. The van der Waals surface area contributed by atoms with Crippen molar-refractivity contribution < 1.29 is 9.59 Å². The molecule has 198 valence electrons. The molecule has 3 aromatic heterocycles. The van der Waals surface area contributed by atoms with Crippen LogP contribution >= 0.6 is 0 Å². The lowest BCUT2D eigenvalue weighted by Crippen LogP contribution is -2.42. The van der Waals surface area contributed by atoms with E-state index >= 15 is 0 Å². The molecule has 0 radical (unpaired) electrons. The van der Waals surface area contributed by atoms with E-state index in [-0.39, 0.29) is 29.5 Å². The number of imidazole rings is 2. The van der Waals surface area contributed by atoms with Gasteiger partial charge in [0.2, 0.25) is 5.95 Å². The number of H-pyrrole nitrogens is 2. The maximum absolute atomic E-state index is 13.2. The van der Waals surface area contributed by atoms with Crippen molar-refractivity contribution in [3.8, 4) is 0 Å². The van der Waals surface area contributed by atoms with Gasteiger partial charge in [0.1, 0.15) is 17.0 Å². The molecule has 10 nitrogen and oxygen atoms in total. The average Bonchev–Trinajstić information content (AvgIpc) is 3.65. The summed E-state index contributed by atoms with van der Waals surface area (Å²) in [6.07, 6.45) is 7.44. The molecule has 4 N–H and O–H groups in total. The molecule has 1 aliphatic heterocycles. The minimum atomic E-state index is -0.378. The minimum absolute atomic E-state index is 0.183. The summed E-state index contributed by atoms with van der Waals surface area (Å²) in [5, 5.41) is 7.77. The third-order valence-electron chi connectivity index (χ3n) is 7.42. The first-order chi connectivity index (χ1) is 19.0.